The number of hydrogen-bond donors (Lipinski definition) is 1. The van der Waals surface area contributed by atoms with E-state index in [1.165, 1.54) is 18.2 Å². The van der Waals surface area contributed by atoms with Crippen LogP contribution in [0.1, 0.15) is 33.9 Å². The smallest absolute Gasteiger partial charge is 0.340 e. The molecule has 5 rings (SSSR count). The summed E-state index contributed by atoms with van der Waals surface area (Å²) in [7, 11) is -4.05. The van der Waals surface area contributed by atoms with Gasteiger partial charge in [-0.2, -0.15) is 4.72 Å². The minimum atomic E-state index is -4.05. The molecule has 0 fully saturated rings. The van der Waals surface area contributed by atoms with Crippen molar-refractivity contribution in [1.82, 2.24) is 4.72 Å². The molecule has 202 valence electrons. The fourth-order valence-corrected chi connectivity index (χ4v) is 5.63. The Bertz CT molecular complexity index is 1830. The normalized spacial score (nSPS) is 12.2. The van der Waals surface area contributed by atoms with Crippen molar-refractivity contribution in [3.63, 3.8) is 0 Å². The highest BCUT2D eigenvalue weighted by molar-refractivity contribution is 7.89. The average molecular weight is 554 g/mol. The van der Waals surface area contributed by atoms with Crippen molar-refractivity contribution < 1.29 is 22.4 Å². The first-order valence-corrected chi connectivity index (χ1v) is 14.2. The SMILES string of the molecule is Cc1ccc(S(=O)(=O)NC(C(=O)Oc2ccc3c(C)c(Cc4ccccc4)c(=O)oc3c2)c2ccccc2)cc1. The molecule has 1 N–H and O–H groups in total. The summed E-state index contributed by atoms with van der Waals surface area (Å²) >= 11 is 0. The van der Waals surface area contributed by atoms with Gasteiger partial charge in [-0.3, -0.25) is 0 Å². The number of carbonyl (C=O) groups excluding carboxylic acids is 1. The molecule has 0 saturated heterocycles. The summed E-state index contributed by atoms with van der Waals surface area (Å²) in [6, 6.07) is 27.9. The second kappa shape index (κ2) is 11.3. The molecule has 0 saturated carbocycles. The van der Waals surface area contributed by atoms with Gasteiger partial charge in [0.05, 0.1) is 4.90 Å². The maximum Gasteiger partial charge on any atom is 0.340 e. The van der Waals surface area contributed by atoms with E-state index < -0.39 is 27.7 Å². The van der Waals surface area contributed by atoms with E-state index in [1.54, 1.807) is 54.6 Å². The number of rotatable bonds is 8. The average Bonchev–Trinajstić information content (AvgIpc) is 2.95. The molecule has 1 unspecified atom stereocenters. The van der Waals surface area contributed by atoms with Crippen molar-refractivity contribution in [3.8, 4) is 5.75 Å². The first-order valence-electron chi connectivity index (χ1n) is 12.7. The fraction of sp³-hybridized carbons (Fsp3) is 0.125. The molecule has 40 heavy (non-hydrogen) atoms. The van der Waals surface area contributed by atoms with Crippen LogP contribution in [0.3, 0.4) is 0 Å². The summed E-state index contributed by atoms with van der Waals surface area (Å²) in [4.78, 5) is 26.2. The van der Waals surface area contributed by atoms with Crippen molar-refractivity contribution in [1.29, 1.82) is 0 Å². The highest BCUT2D eigenvalue weighted by atomic mass is 32.2. The van der Waals surface area contributed by atoms with Gasteiger partial charge in [0.15, 0.2) is 0 Å². The molecule has 0 spiro atoms. The third kappa shape index (κ3) is 5.88. The van der Waals surface area contributed by atoms with Crippen LogP contribution in [0.25, 0.3) is 11.0 Å². The van der Waals surface area contributed by atoms with Gasteiger partial charge in [-0.1, -0.05) is 78.4 Å². The number of carbonyl (C=O) groups is 1. The molecule has 1 heterocycles. The maximum absolute atomic E-state index is 13.4. The van der Waals surface area contributed by atoms with Gasteiger partial charge in [0.2, 0.25) is 10.0 Å². The molecule has 0 radical (unpaired) electrons. The molecule has 0 amide bonds. The summed E-state index contributed by atoms with van der Waals surface area (Å²) < 4.78 is 40.0. The maximum atomic E-state index is 13.4. The second-order valence-electron chi connectivity index (χ2n) is 9.51. The lowest BCUT2D eigenvalue weighted by atomic mass is 10.00. The van der Waals surface area contributed by atoms with Gasteiger partial charge in [0.25, 0.3) is 0 Å². The van der Waals surface area contributed by atoms with Crippen LogP contribution in [0, 0.1) is 13.8 Å². The van der Waals surface area contributed by atoms with E-state index in [4.69, 9.17) is 9.15 Å². The third-order valence-corrected chi connectivity index (χ3v) is 8.11. The van der Waals surface area contributed by atoms with Gasteiger partial charge < -0.3 is 9.15 Å². The zero-order valence-corrected chi connectivity index (χ0v) is 22.8. The number of ether oxygens (including phenoxy) is 1. The number of esters is 1. The predicted octanol–water partition coefficient (Wildman–Crippen LogP) is 5.63. The molecule has 7 nitrogen and oxygen atoms in total. The lowest BCUT2D eigenvalue weighted by Crippen LogP contribution is -2.36. The lowest BCUT2D eigenvalue weighted by molar-refractivity contribution is -0.136. The van der Waals surface area contributed by atoms with Crippen molar-refractivity contribution in [3.05, 3.63) is 141 Å². The number of sulfonamides is 1. The van der Waals surface area contributed by atoms with Crippen molar-refractivity contribution in [2.45, 2.75) is 31.2 Å². The van der Waals surface area contributed by atoms with E-state index in [2.05, 4.69) is 4.72 Å². The molecule has 0 aliphatic rings. The number of nitrogens with one attached hydrogen (secondary N) is 1. The zero-order chi connectivity index (χ0) is 28.3. The Balaban J connectivity index is 1.44. The lowest BCUT2D eigenvalue weighted by Gasteiger charge is -2.18. The topological polar surface area (TPSA) is 103 Å². The van der Waals surface area contributed by atoms with E-state index in [-0.39, 0.29) is 16.2 Å². The standard InChI is InChI=1S/C32H27NO6S/c1-21-13-16-26(17-14-21)40(36,37)33-30(24-11-7-4-8-12-24)32(35)38-25-15-18-27-22(2)28(31(34)39-29(27)20-25)19-23-9-5-3-6-10-23/h3-18,20,30,33H,19H2,1-2H3. The van der Waals surface area contributed by atoms with Crippen LogP contribution in [0.2, 0.25) is 0 Å². The van der Waals surface area contributed by atoms with Gasteiger partial charge >= 0.3 is 11.6 Å². The third-order valence-electron chi connectivity index (χ3n) is 6.67. The van der Waals surface area contributed by atoms with Gasteiger partial charge in [-0.25, -0.2) is 18.0 Å². The summed E-state index contributed by atoms with van der Waals surface area (Å²) in [5.41, 5.74) is 3.44. The first-order chi connectivity index (χ1) is 19.2. The van der Waals surface area contributed by atoms with E-state index in [0.717, 1.165) is 16.7 Å². The number of aryl methyl sites for hydroxylation is 2. The molecule has 1 aromatic heterocycles. The van der Waals surface area contributed by atoms with Crippen LogP contribution in [0.15, 0.2) is 117 Å². The molecule has 8 heteroatoms. The fourth-order valence-electron chi connectivity index (χ4n) is 4.46. The summed E-state index contributed by atoms with van der Waals surface area (Å²) in [5, 5.41) is 0.713. The Morgan fingerprint density at radius 1 is 0.875 bits per heavy atom. The van der Waals surface area contributed by atoms with E-state index in [9.17, 15) is 18.0 Å². The van der Waals surface area contributed by atoms with Crippen LogP contribution in [0.4, 0.5) is 0 Å². The summed E-state index contributed by atoms with van der Waals surface area (Å²) in [6.45, 7) is 3.71. The Morgan fingerprint density at radius 2 is 1.52 bits per heavy atom. The van der Waals surface area contributed by atoms with Crippen LogP contribution >= 0.6 is 0 Å². The van der Waals surface area contributed by atoms with Gasteiger partial charge in [-0.05, 0) is 54.8 Å². The van der Waals surface area contributed by atoms with Gasteiger partial charge in [-0.15, -0.1) is 0 Å². The molecule has 0 bridgehead atoms. The number of hydrogen-bond acceptors (Lipinski definition) is 6. The minimum Gasteiger partial charge on any atom is -0.425 e. The first kappa shape index (κ1) is 27.1. The largest absolute Gasteiger partial charge is 0.425 e. The highest BCUT2D eigenvalue weighted by Crippen LogP contribution is 2.27. The Kier molecular flexibility index (Phi) is 7.64. The Labute approximate surface area is 232 Å². The van der Waals surface area contributed by atoms with Crippen LogP contribution < -0.4 is 15.1 Å². The van der Waals surface area contributed by atoms with Gasteiger partial charge in [0, 0.05) is 23.4 Å². The van der Waals surface area contributed by atoms with Crippen molar-refractivity contribution in [2.75, 3.05) is 0 Å². The molecule has 4 aromatic carbocycles. The van der Waals surface area contributed by atoms with E-state index in [0.29, 0.717) is 22.9 Å². The number of benzene rings is 4. The zero-order valence-electron chi connectivity index (χ0n) is 22.0. The summed E-state index contributed by atoms with van der Waals surface area (Å²) in [6.07, 6.45) is 0.432. The summed E-state index contributed by atoms with van der Waals surface area (Å²) in [5.74, 6) is -0.715. The monoisotopic (exact) mass is 553 g/mol. The molecule has 0 aliphatic heterocycles. The Hall–Kier alpha value is -4.53. The molecule has 5 aromatic rings. The molecule has 0 aliphatic carbocycles. The van der Waals surface area contributed by atoms with Crippen LogP contribution in [-0.4, -0.2) is 14.4 Å². The van der Waals surface area contributed by atoms with Crippen LogP contribution in [-0.2, 0) is 21.2 Å². The van der Waals surface area contributed by atoms with Gasteiger partial charge in [0.1, 0.15) is 17.4 Å². The molecular formula is C32H27NO6S. The minimum absolute atomic E-state index is 0.0288. The van der Waals surface area contributed by atoms with E-state index in [1.807, 2.05) is 44.2 Å². The molecule has 1 atom stereocenters. The number of fused-ring (bicyclic) bond motifs is 1. The second-order valence-corrected chi connectivity index (χ2v) is 11.2. The van der Waals surface area contributed by atoms with E-state index >= 15 is 0 Å². The van der Waals surface area contributed by atoms with Crippen molar-refractivity contribution in [2.24, 2.45) is 0 Å². The molecular weight excluding hydrogens is 526 g/mol. The van der Waals surface area contributed by atoms with Crippen LogP contribution in [0.5, 0.6) is 5.75 Å². The van der Waals surface area contributed by atoms with Crippen molar-refractivity contribution >= 4 is 27.0 Å². The highest BCUT2D eigenvalue weighted by Gasteiger charge is 2.29. The Morgan fingerprint density at radius 3 is 2.20 bits per heavy atom. The predicted molar refractivity (Wildman–Crippen MR) is 153 cm³/mol. The quantitative estimate of drug-likeness (QED) is 0.152.